The normalized spacial score (nSPS) is 29.1. The molecule has 3 aliphatic rings. The van der Waals surface area contributed by atoms with E-state index in [4.69, 9.17) is 4.74 Å². The lowest BCUT2D eigenvalue weighted by Crippen LogP contribution is -2.67. The molecule has 2 N–H and O–H groups in total. The minimum Gasteiger partial charge on any atom is -0.384 e. The summed E-state index contributed by atoms with van der Waals surface area (Å²) in [6.45, 7) is 2.68. The van der Waals surface area contributed by atoms with Crippen molar-refractivity contribution in [2.45, 2.75) is 44.6 Å². The predicted molar refractivity (Wildman–Crippen MR) is 95.7 cm³/mol. The number of nitrogens with one attached hydrogen (secondary N) is 2. The molecule has 144 valence electrons. The molecule has 1 aliphatic heterocycles. The molecule has 2 amide bonds. The van der Waals surface area contributed by atoms with E-state index in [-0.39, 0.29) is 23.4 Å². The summed E-state index contributed by atoms with van der Waals surface area (Å²) in [4.78, 5) is 14.5. The molecule has 3 rings (SSSR count). The van der Waals surface area contributed by atoms with E-state index < -0.39 is 10.0 Å². The zero-order chi connectivity index (χ0) is 18.1. The third-order valence-corrected chi connectivity index (χ3v) is 6.97. The van der Waals surface area contributed by atoms with Gasteiger partial charge >= 0.3 is 6.03 Å². The molecule has 2 unspecified atom stereocenters. The predicted octanol–water partition coefficient (Wildman–Crippen LogP) is 1.16. The largest absolute Gasteiger partial charge is 0.384 e. The third-order valence-electron chi connectivity index (χ3n) is 6.28. The summed E-state index contributed by atoms with van der Waals surface area (Å²) in [7, 11) is -1.45. The number of urea groups is 1. The molecular formula is C17H31N3O4S. The molecule has 2 atom stereocenters. The number of ether oxygens (including phenoxy) is 1. The number of likely N-dealkylation sites (tertiary alicyclic amines) is 1. The number of nitrogens with zero attached hydrogens (tertiary/aromatic N) is 1. The van der Waals surface area contributed by atoms with Gasteiger partial charge in [-0.1, -0.05) is 12.8 Å². The molecule has 0 radical (unpaired) electrons. The Kier molecular flexibility index (Phi) is 5.60. The van der Waals surface area contributed by atoms with Gasteiger partial charge in [0.05, 0.1) is 12.9 Å². The van der Waals surface area contributed by atoms with Crippen LogP contribution in [0.2, 0.25) is 0 Å². The zero-order valence-electron chi connectivity index (χ0n) is 15.3. The van der Waals surface area contributed by atoms with Crippen LogP contribution in [0.1, 0.15) is 38.5 Å². The lowest BCUT2D eigenvalue weighted by atomic mass is 9.61. The zero-order valence-corrected chi connectivity index (χ0v) is 16.1. The van der Waals surface area contributed by atoms with Crippen LogP contribution in [0.5, 0.6) is 0 Å². The van der Waals surface area contributed by atoms with Crippen molar-refractivity contribution in [2.24, 2.45) is 17.3 Å². The van der Waals surface area contributed by atoms with Crippen molar-refractivity contribution >= 4 is 16.1 Å². The van der Waals surface area contributed by atoms with Crippen LogP contribution in [-0.4, -0.2) is 65.0 Å². The molecule has 0 aromatic heterocycles. The Morgan fingerprint density at radius 1 is 1.20 bits per heavy atom. The lowest BCUT2D eigenvalue weighted by Gasteiger charge is -2.56. The Bertz CT molecular complexity index is 585. The molecule has 25 heavy (non-hydrogen) atoms. The molecular weight excluding hydrogens is 342 g/mol. The van der Waals surface area contributed by atoms with Crippen LogP contribution in [-0.2, 0) is 14.8 Å². The van der Waals surface area contributed by atoms with Crippen molar-refractivity contribution in [1.29, 1.82) is 0 Å². The molecule has 8 heteroatoms. The molecule has 0 bridgehead atoms. The third kappa shape index (κ3) is 4.28. The average Bonchev–Trinajstić information content (AvgIpc) is 2.86. The van der Waals surface area contributed by atoms with E-state index in [1.807, 2.05) is 4.90 Å². The second-order valence-electron chi connectivity index (χ2n) is 8.15. The summed E-state index contributed by atoms with van der Waals surface area (Å²) in [6, 6.07) is 0.0465. The Labute approximate surface area is 150 Å². The summed E-state index contributed by atoms with van der Waals surface area (Å²) in [5, 5.41) is 3.13. The summed E-state index contributed by atoms with van der Waals surface area (Å²) < 4.78 is 30.6. The summed E-state index contributed by atoms with van der Waals surface area (Å²) in [6.07, 6.45) is 7.85. The van der Waals surface area contributed by atoms with E-state index in [0.29, 0.717) is 12.5 Å². The van der Waals surface area contributed by atoms with Gasteiger partial charge in [-0.25, -0.2) is 17.9 Å². The van der Waals surface area contributed by atoms with Gasteiger partial charge in [-0.3, -0.25) is 0 Å². The number of hydrogen-bond donors (Lipinski definition) is 2. The quantitative estimate of drug-likeness (QED) is 0.701. The Morgan fingerprint density at radius 3 is 2.44 bits per heavy atom. The van der Waals surface area contributed by atoms with Gasteiger partial charge in [0.15, 0.2) is 0 Å². The van der Waals surface area contributed by atoms with Crippen LogP contribution in [0, 0.1) is 17.3 Å². The Morgan fingerprint density at radius 2 is 1.88 bits per heavy atom. The minimum absolute atomic E-state index is 0.0118. The summed E-state index contributed by atoms with van der Waals surface area (Å²) in [5.74, 6) is 0.866. The first-order valence-corrected chi connectivity index (χ1v) is 11.2. The smallest absolute Gasteiger partial charge is 0.317 e. The van der Waals surface area contributed by atoms with Crippen LogP contribution >= 0.6 is 0 Å². The number of rotatable bonds is 7. The van der Waals surface area contributed by atoms with Crippen LogP contribution in [0.3, 0.4) is 0 Å². The van der Waals surface area contributed by atoms with Crippen molar-refractivity contribution in [3.8, 4) is 0 Å². The lowest BCUT2D eigenvalue weighted by molar-refractivity contribution is -0.0942. The molecule has 0 aromatic rings. The molecule has 1 saturated heterocycles. The van der Waals surface area contributed by atoms with E-state index in [1.54, 1.807) is 7.11 Å². The van der Waals surface area contributed by atoms with Gasteiger partial charge in [0, 0.05) is 38.2 Å². The van der Waals surface area contributed by atoms with Crippen LogP contribution in [0.25, 0.3) is 0 Å². The summed E-state index contributed by atoms with van der Waals surface area (Å²) in [5.41, 5.74) is 0.150. The number of sulfonamides is 1. The Balaban J connectivity index is 1.49. The highest BCUT2D eigenvalue weighted by Gasteiger charge is 2.52. The number of methoxy groups -OCH3 is 1. The maximum absolute atomic E-state index is 12.6. The Hall–Kier alpha value is -0.860. The molecule has 7 nitrogen and oxygen atoms in total. The van der Waals surface area contributed by atoms with E-state index in [0.717, 1.165) is 39.0 Å². The first-order valence-electron chi connectivity index (χ1n) is 9.32. The van der Waals surface area contributed by atoms with Crippen LogP contribution in [0.15, 0.2) is 0 Å². The molecule has 3 fully saturated rings. The highest BCUT2D eigenvalue weighted by Crippen LogP contribution is 2.48. The maximum atomic E-state index is 12.6. The maximum Gasteiger partial charge on any atom is 0.317 e. The number of carbonyl (C=O) groups is 1. The topological polar surface area (TPSA) is 87.7 Å². The van der Waals surface area contributed by atoms with Crippen molar-refractivity contribution in [3.63, 3.8) is 0 Å². The van der Waals surface area contributed by atoms with E-state index >= 15 is 0 Å². The van der Waals surface area contributed by atoms with Crippen LogP contribution in [0.4, 0.5) is 4.79 Å². The molecule has 2 aliphatic carbocycles. The second-order valence-corrected chi connectivity index (χ2v) is 9.98. The first-order chi connectivity index (χ1) is 11.8. The monoisotopic (exact) mass is 373 g/mol. The van der Waals surface area contributed by atoms with Crippen molar-refractivity contribution in [2.75, 3.05) is 39.6 Å². The number of hydrogen-bond acceptors (Lipinski definition) is 4. The fourth-order valence-electron chi connectivity index (χ4n) is 4.61. The van der Waals surface area contributed by atoms with Crippen LogP contribution < -0.4 is 10.0 Å². The van der Waals surface area contributed by atoms with Gasteiger partial charge in [0.2, 0.25) is 10.0 Å². The minimum atomic E-state index is -3.19. The van der Waals surface area contributed by atoms with Gasteiger partial charge in [0.25, 0.3) is 0 Å². The highest BCUT2D eigenvalue weighted by molar-refractivity contribution is 7.88. The van der Waals surface area contributed by atoms with Gasteiger partial charge in [-0.2, -0.15) is 0 Å². The number of carbonyl (C=O) groups excluding carboxylic acids is 1. The SMILES string of the molecule is COCC1(C2CCC2)CN(C(=O)NC2CCCC2CNS(C)(=O)=O)C1. The van der Waals surface area contributed by atoms with E-state index in [1.165, 1.54) is 25.5 Å². The fourth-order valence-corrected chi connectivity index (χ4v) is 5.13. The van der Waals surface area contributed by atoms with Gasteiger partial charge in [-0.05, 0) is 37.5 Å². The molecule has 2 saturated carbocycles. The van der Waals surface area contributed by atoms with E-state index in [9.17, 15) is 13.2 Å². The van der Waals surface area contributed by atoms with Crippen molar-refractivity contribution < 1.29 is 17.9 Å². The molecule has 1 heterocycles. The summed E-state index contributed by atoms with van der Waals surface area (Å²) >= 11 is 0. The second kappa shape index (κ2) is 7.40. The van der Waals surface area contributed by atoms with Gasteiger partial charge < -0.3 is 15.0 Å². The number of amides is 2. The highest BCUT2D eigenvalue weighted by atomic mass is 32.2. The molecule has 0 spiro atoms. The fraction of sp³-hybridized carbons (Fsp3) is 0.941. The van der Waals surface area contributed by atoms with Crippen molar-refractivity contribution in [1.82, 2.24) is 14.9 Å². The van der Waals surface area contributed by atoms with Gasteiger partial charge in [-0.15, -0.1) is 0 Å². The van der Waals surface area contributed by atoms with Gasteiger partial charge in [0.1, 0.15) is 0 Å². The van der Waals surface area contributed by atoms with E-state index in [2.05, 4.69) is 10.0 Å². The van der Waals surface area contributed by atoms with Crippen molar-refractivity contribution in [3.05, 3.63) is 0 Å². The average molecular weight is 374 g/mol. The standard InChI is InChI=1S/C17H31N3O4S/c1-24-12-17(14-6-4-7-14)10-20(11-17)16(21)19-15-8-3-5-13(15)9-18-25(2,22)23/h13-15,18H,3-12H2,1-2H3,(H,19,21). The molecule has 0 aromatic carbocycles. The first kappa shape index (κ1) is 18.9.